The van der Waals surface area contributed by atoms with Gasteiger partial charge in [0, 0.05) is 25.6 Å². The number of carbonyl (C=O) groups is 2. The lowest BCUT2D eigenvalue weighted by molar-refractivity contribution is -0.141. The first-order chi connectivity index (χ1) is 22.3. The molecule has 2 amide bonds. The van der Waals surface area contributed by atoms with Crippen molar-refractivity contribution in [2.45, 2.75) is 55.8 Å². The third-order valence-electron chi connectivity index (χ3n) is 7.89. The number of ether oxygens (including phenoxy) is 2. The van der Waals surface area contributed by atoms with Crippen LogP contribution in [0.2, 0.25) is 0 Å². The average molecular weight is 642 g/mol. The van der Waals surface area contributed by atoms with Crippen LogP contribution >= 0.6 is 0 Å². The molecular formula is C36H39N3O6S. The van der Waals surface area contributed by atoms with Gasteiger partial charge in [0.25, 0.3) is 0 Å². The number of benzene rings is 4. The molecule has 1 aliphatic carbocycles. The Morgan fingerprint density at radius 1 is 0.783 bits per heavy atom. The second-order valence-electron chi connectivity index (χ2n) is 11.3. The average Bonchev–Trinajstić information content (AvgIpc) is 3.90. The SMILES string of the molecule is COc1ccc(CNC(=O)[C@H](c2ccccc2)N(Cc2ccc(OC)cc2)C(=O)CCc2ccc(S(=O)(=O)NC3CC3)cc2)cc1. The molecule has 9 nitrogen and oxygen atoms in total. The number of hydrogen-bond donors (Lipinski definition) is 2. The number of nitrogens with one attached hydrogen (secondary N) is 2. The molecule has 240 valence electrons. The van der Waals surface area contributed by atoms with Crippen molar-refractivity contribution >= 4 is 21.8 Å². The number of amides is 2. The first kappa shape index (κ1) is 32.7. The summed E-state index contributed by atoms with van der Waals surface area (Å²) >= 11 is 0. The Balaban J connectivity index is 1.37. The fourth-order valence-corrected chi connectivity index (χ4v) is 6.41. The van der Waals surface area contributed by atoms with Gasteiger partial charge in [-0.3, -0.25) is 9.59 Å². The van der Waals surface area contributed by atoms with Crippen LogP contribution in [0, 0.1) is 0 Å². The van der Waals surface area contributed by atoms with Crippen LogP contribution in [0.1, 0.15) is 47.6 Å². The predicted octanol–water partition coefficient (Wildman–Crippen LogP) is 5.16. The molecule has 0 unspecified atom stereocenters. The van der Waals surface area contributed by atoms with E-state index in [1.165, 1.54) is 0 Å². The van der Waals surface area contributed by atoms with E-state index in [9.17, 15) is 18.0 Å². The lowest BCUT2D eigenvalue weighted by atomic mass is 10.0. The quantitative estimate of drug-likeness (QED) is 0.185. The van der Waals surface area contributed by atoms with Gasteiger partial charge in [0.05, 0.1) is 19.1 Å². The van der Waals surface area contributed by atoms with Gasteiger partial charge in [-0.05, 0) is 77.9 Å². The maximum absolute atomic E-state index is 14.1. The summed E-state index contributed by atoms with van der Waals surface area (Å²) in [5.74, 6) is 0.897. The van der Waals surface area contributed by atoms with Crippen LogP contribution in [0.5, 0.6) is 11.5 Å². The minimum atomic E-state index is -3.56. The van der Waals surface area contributed by atoms with Gasteiger partial charge in [-0.1, -0.05) is 66.7 Å². The highest BCUT2D eigenvalue weighted by atomic mass is 32.2. The van der Waals surface area contributed by atoms with Gasteiger partial charge >= 0.3 is 0 Å². The fourth-order valence-electron chi connectivity index (χ4n) is 5.11. The third-order valence-corrected chi connectivity index (χ3v) is 9.43. The number of carbonyl (C=O) groups excluding carboxylic acids is 2. The van der Waals surface area contributed by atoms with E-state index in [2.05, 4.69) is 10.0 Å². The fraction of sp³-hybridized carbons (Fsp3) is 0.278. The number of methoxy groups -OCH3 is 2. The molecule has 1 saturated carbocycles. The predicted molar refractivity (Wildman–Crippen MR) is 176 cm³/mol. The van der Waals surface area contributed by atoms with Crippen molar-refractivity contribution in [1.82, 2.24) is 14.9 Å². The van der Waals surface area contributed by atoms with Crippen molar-refractivity contribution < 1.29 is 27.5 Å². The monoisotopic (exact) mass is 641 g/mol. The van der Waals surface area contributed by atoms with Crippen LogP contribution in [0.3, 0.4) is 0 Å². The van der Waals surface area contributed by atoms with E-state index in [-0.39, 0.29) is 42.3 Å². The zero-order valence-electron chi connectivity index (χ0n) is 26.0. The molecule has 5 rings (SSSR count). The van der Waals surface area contributed by atoms with Gasteiger partial charge < -0.3 is 19.7 Å². The Kier molecular flexibility index (Phi) is 10.7. The Bertz CT molecular complexity index is 1710. The molecule has 2 N–H and O–H groups in total. The molecule has 1 fully saturated rings. The summed E-state index contributed by atoms with van der Waals surface area (Å²) < 4.78 is 38.4. The van der Waals surface area contributed by atoms with E-state index in [0.717, 1.165) is 35.3 Å². The summed E-state index contributed by atoms with van der Waals surface area (Å²) in [6.45, 7) is 0.476. The summed E-state index contributed by atoms with van der Waals surface area (Å²) in [4.78, 5) is 29.8. The van der Waals surface area contributed by atoms with Gasteiger partial charge in [-0.2, -0.15) is 0 Å². The molecule has 0 heterocycles. The minimum Gasteiger partial charge on any atom is -0.497 e. The van der Waals surface area contributed by atoms with E-state index < -0.39 is 16.1 Å². The molecular weight excluding hydrogens is 602 g/mol. The van der Waals surface area contributed by atoms with Crippen LogP contribution in [-0.4, -0.2) is 45.4 Å². The largest absolute Gasteiger partial charge is 0.497 e. The van der Waals surface area contributed by atoms with Gasteiger partial charge in [-0.25, -0.2) is 13.1 Å². The topological polar surface area (TPSA) is 114 Å². The molecule has 0 spiro atoms. The van der Waals surface area contributed by atoms with Crippen molar-refractivity contribution in [2.75, 3.05) is 14.2 Å². The van der Waals surface area contributed by atoms with E-state index in [4.69, 9.17) is 9.47 Å². The number of hydrogen-bond acceptors (Lipinski definition) is 6. The van der Waals surface area contributed by atoms with Crippen LogP contribution in [0.4, 0.5) is 0 Å². The van der Waals surface area contributed by atoms with Gasteiger partial charge in [0.2, 0.25) is 21.8 Å². The van der Waals surface area contributed by atoms with E-state index in [1.807, 2.05) is 78.9 Å². The van der Waals surface area contributed by atoms with Crippen LogP contribution < -0.4 is 19.5 Å². The van der Waals surface area contributed by atoms with Crippen molar-refractivity contribution in [3.63, 3.8) is 0 Å². The third kappa shape index (κ3) is 8.74. The highest BCUT2D eigenvalue weighted by molar-refractivity contribution is 7.89. The lowest BCUT2D eigenvalue weighted by Gasteiger charge is -2.32. The summed E-state index contributed by atoms with van der Waals surface area (Å²) in [6, 6.07) is 29.8. The molecule has 0 bridgehead atoms. The highest BCUT2D eigenvalue weighted by Crippen LogP contribution is 2.27. The van der Waals surface area contributed by atoms with Crippen molar-refractivity contribution in [3.8, 4) is 11.5 Å². The maximum Gasteiger partial charge on any atom is 0.247 e. The smallest absolute Gasteiger partial charge is 0.247 e. The highest BCUT2D eigenvalue weighted by Gasteiger charge is 2.32. The molecule has 0 aromatic heterocycles. The number of aryl methyl sites for hydroxylation is 1. The Labute approximate surface area is 270 Å². The lowest BCUT2D eigenvalue weighted by Crippen LogP contribution is -2.43. The molecule has 0 saturated heterocycles. The molecule has 1 atom stereocenters. The van der Waals surface area contributed by atoms with E-state index in [0.29, 0.717) is 17.7 Å². The van der Waals surface area contributed by atoms with Crippen molar-refractivity contribution in [3.05, 3.63) is 125 Å². The van der Waals surface area contributed by atoms with E-state index >= 15 is 0 Å². The summed E-state index contributed by atoms with van der Waals surface area (Å²) in [5, 5.41) is 3.03. The number of sulfonamides is 1. The number of nitrogens with zero attached hydrogens (tertiary/aromatic N) is 1. The first-order valence-corrected chi connectivity index (χ1v) is 16.7. The van der Waals surface area contributed by atoms with Crippen LogP contribution in [0.15, 0.2) is 108 Å². The summed E-state index contributed by atoms with van der Waals surface area (Å²) in [7, 11) is -0.371. The molecule has 10 heteroatoms. The normalized spacial score (nSPS) is 13.4. The molecule has 46 heavy (non-hydrogen) atoms. The van der Waals surface area contributed by atoms with Gasteiger partial charge in [0.1, 0.15) is 17.5 Å². The molecule has 4 aromatic rings. The van der Waals surface area contributed by atoms with Crippen molar-refractivity contribution in [2.24, 2.45) is 0 Å². The Morgan fingerprint density at radius 3 is 1.91 bits per heavy atom. The zero-order chi connectivity index (χ0) is 32.5. The standard InChI is InChI=1S/C36H39N3O6S/c1-44-31-17-8-27(9-18-31)24-37-36(41)35(29-6-4-3-5-7-29)39(25-28-10-19-32(45-2)20-11-28)34(40)23-14-26-12-21-33(22-13-26)46(42,43)38-30-15-16-30/h3-13,17-22,30,35,38H,14-16,23-25H2,1-2H3,(H,37,41)/t35-/m0/s1. The Hall–Kier alpha value is -4.67. The second kappa shape index (κ2) is 15.1. The van der Waals surface area contributed by atoms with Gasteiger partial charge in [0.15, 0.2) is 0 Å². The second-order valence-corrected chi connectivity index (χ2v) is 13.0. The minimum absolute atomic E-state index is 0.0185. The molecule has 4 aromatic carbocycles. The molecule has 0 radical (unpaired) electrons. The first-order valence-electron chi connectivity index (χ1n) is 15.2. The number of rotatable bonds is 15. The van der Waals surface area contributed by atoms with Crippen LogP contribution in [0.25, 0.3) is 0 Å². The summed E-state index contributed by atoms with van der Waals surface area (Å²) in [6.07, 6.45) is 2.22. The molecule has 0 aliphatic heterocycles. The molecule has 1 aliphatic rings. The Morgan fingerprint density at radius 2 is 1.35 bits per heavy atom. The maximum atomic E-state index is 14.1. The van der Waals surface area contributed by atoms with Crippen molar-refractivity contribution in [1.29, 1.82) is 0 Å². The van der Waals surface area contributed by atoms with Gasteiger partial charge in [-0.15, -0.1) is 0 Å². The van der Waals surface area contributed by atoms with E-state index in [1.54, 1.807) is 43.4 Å². The zero-order valence-corrected chi connectivity index (χ0v) is 26.8. The van der Waals surface area contributed by atoms with Crippen LogP contribution in [-0.2, 0) is 39.1 Å². The summed E-state index contributed by atoms with van der Waals surface area (Å²) in [5.41, 5.74) is 3.25.